The summed E-state index contributed by atoms with van der Waals surface area (Å²) in [6.45, 7) is 3.10. The summed E-state index contributed by atoms with van der Waals surface area (Å²) in [5.74, 6) is -1.56. The van der Waals surface area contributed by atoms with E-state index >= 15 is 0 Å². The Morgan fingerprint density at radius 1 is 0.944 bits per heavy atom. The quantitative estimate of drug-likeness (QED) is 0.670. The lowest BCUT2D eigenvalue weighted by Gasteiger charge is -2.23. The fourth-order valence-corrected chi connectivity index (χ4v) is 5.45. The van der Waals surface area contributed by atoms with Crippen LogP contribution in [0.3, 0.4) is 0 Å². The fourth-order valence-electron chi connectivity index (χ4n) is 2.36. The van der Waals surface area contributed by atoms with Gasteiger partial charge in [0, 0.05) is 11.8 Å². The van der Waals surface area contributed by atoms with Gasteiger partial charge in [-0.05, 0) is 0 Å². The molecule has 2 aliphatic rings. The van der Waals surface area contributed by atoms with Crippen LogP contribution >= 0.6 is 0 Å². The van der Waals surface area contributed by atoms with Crippen molar-refractivity contribution in [2.24, 2.45) is 11.8 Å². The van der Waals surface area contributed by atoms with Crippen LogP contribution in [0.4, 0.5) is 4.39 Å². The van der Waals surface area contributed by atoms with Crippen LogP contribution in [-0.2, 0) is 28.6 Å². The lowest BCUT2D eigenvalue weighted by Crippen LogP contribution is -2.39. The lowest BCUT2D eigenvalue weighted by atomic mass is 9.93. The molecule has 0 N–H and O–H groups in total. The van der Waals surface area contributed by atoms with Crippen LogP contribution in [0.25, 0.3) is 0 Å². The first-order chi connectivity index (χ1) is 8.11. The Morgan fingerprint density at radius 3 is 1.50 bits per heavy atom. The topological polar surface area (TPSA) is 86.7 Å². The van der Waals surface area contributed by atoms with Gasteiger partial charge in [-0.2, -0.15) is 16.8 Å². The minimum atomic E-state index is -3.71. The molecule has 2 saturated heterocycles. The van der Waals surface area contributed by atoms with Gasteiger partial charge in [0.1, 0.15) is 12.2 Å². The van der Waals surface area contributed by atoms with E-state index in [4.69, 9.17) is 0 Å². The molecule has 6 nitrogen and oxygen atoms in total. The summed E-state index contributed by atoms with van der Waals surface area (Å²) < 4.78 is 68.5. The molecule has 4 unspecified atom stereocenters. The van der Waals surface area contributed by atoms with Crippen molar-refractivity contribution in [3.8, 4) is 0 Å². The zero-order chi connectivity index (χ0) is 13.7. The van der Waals surface area contributed by atoms with Gasteiger partial charge in [0.05, 0.1) is 11.5 Å². The molecule has 0 radical (unpaired) electrons. The molecule has 2 heterocycles. The zero-order valence-electron chi connectivity index (χ0n) is 9.94. The fraction of sp³-hybridized carbons (Fsp3) is 1.00. The molecular weight excluding hydrogens is 287 g/mol. The summed E-state index contributed by atoms with van der Waals surface area (Å²) in [5, 5.41) is 0. The largest absolute Gasteiger partial charge is 0.268 e. The Labute approximate surface area is 106 Å². The minimum absolute atomic E-state index is 0.258. The molecule has 18 heavy (non-hydrogen) atoms. The van der Waals surface area contributed by atoms with E-state index in [1.165, 1.54) is 0 Å². The summed E-state index contributed by atoms with van der Waals surface area (Å²) in [6.07, 6.45) is -4.11. The maximum absolute atomic E-state index is 14.2. The van der Waals surface area contributed by atoms with Gasteiger partial charge < -0.3 is 0 Å². The smallest absolute Gasteiger partial charge is 0.263 e. The highest BCUT2D eigenvalue weighted by molar-refractivity contribution is 7.87. The third-order valence-electron chi connectivity index (χ3n) is 3.20. The van der Waals surface area contributed by atoms with Crippen molar-refractivity contribution in [1.29, 1.82) is 0 Å². The monoisotopic (exact) mass is 302 g/mol. The van der Waals surface area contributed by atoms with Crippen molar-refractivity contribution in [1.82, 2.24) is 0 Å². The Bertz CT molecular complexity index is 479. The molecule has 0 bridgehead atoms. The van der Waals surface area contributed by atoms with E-state index in [1.807, 2.05) is 0 Å². The summed E-state index contributed by atoms with van der Waals surface area (Å²) in [7, 11) is -7.42. The second-order valence-electron chi connectivity index (χ2n) is 4.97. The lowest BCUT2D eigenvalue weighted by molar-refractivity contribution is 0.00426. The summed E-state index contributed by atoms with van der Waals surface area (Å²) in [4.78, 5) is 0. The van der Waals surface area contributed by atoms with Crippen LogP contribution in [0.5, 0.6) is 0 Å². The molecule has 0 saturated carbocycles. The molecule has 0 aromatic carbocycles. The van der Waals surface area contributed by atoms with Crippen molar-refractivity contribution in [3.63, 3.8) is 0 Å². The number of alkyl halides is 1. The first-order valence-corrected chi connectivity index (χ1v) is 8.73. The highest BCUT2D eigenvalue weighted by atomic mass is 32.2. The third-order valence-corrected chi connectivity index (χ3v) is 6.10. The third kappa shape index (κ3) is 2.68. The van der Waals surface area contributed by atoms with E-state index in [9.17, 15) is 21.2 Å². The number of rotatable bonds is 2. The van der Waals surface area contributed by atoms with Crippen molar-refractivity contribution in [2.75, 3.05) is 11.5 Å². The van der Waals surface area contributed by atoms with E-state index in [0.29, 0.717) is 0 Å². The average molecular weight is 302 g/mol. The first kappa shape index (κ1) is 14.2. The minimum Gasteiger partial charge on any atom is -0.263 e. The van der Waals surface area contributed by atoms with Gasteiger partial charge in [-0.3, -0.25) is 8.37 Å². The van der Waals surface area contributed by atoms with Crippen LogP contribution in [0.1, 0.15) is 13.8 Å². The van der Waals surface area contributed by atoms with Gasteiger partial charge >= 0.3 is 0 Å². The molecule has 0 aliphatic carbocycles. The maximum Gasteiger partial charge on any atom is 0.268 e. The van der Waals surface area contributed by atoms with E-state index in [1.54, 1.807) is 13.8 Å². The average Bonchev–Trinajstić information content (AvgIpc) is 2.61. The maximum atomic E-state index is 14.2. The summed E-state index contributed by atoms with van der Waals surface area (Å²) in [5.41, 5.74) is 0. The molecule has 2 aliphatic heterocycles. The Balaban J connectivity index is 2.16. The highest BCUT2D eigenvalue weighted by Crippen LogP contribution is 2.34. The van der Waals surface area contributed by atoms with Crippen molar-refractivity contribution >= 4 is 20.2 Å². The molecule has 0 spiro atoms. The summed E-state index contributed by atoms with van der Waals surface area (Å²) in [6, 6.07) is 0. The highest BCUT2D eigenvalue weighted by Gasteiger charge is 2.50. The van der Waals surface area contributed by atoms with Gasteiger partial charge in [-0.25, -0.2) is 4.39 Å². The van der Waals surface area contributed by atoms with Crippen LogP contribution in [0, 0.1) is 11.8 Å². The van der Waals surface area contributed by atoms with Gasteiger partial charge in [-0.1, -0.05) is 13.8 Å². The molecule has 2 rings (SSSR count). The van der Waals surface area contributed by atoms with Crippen LogP contribution < -0.4 is 0 Å². The van der Waals surface area contributed by atoms with Gasteiger partial charge in [0.2, 0.25) is 0 Å². The SMILES string of the molecule is CC1CS(=O)(=O)OC1C(F)C1OS(=O)(=O)CC1C. The van der Waals surface area contributed by atoms with E-state index in [-0.39, 0.29) is 11.5 Å². The second-order valence-corrected chi connectivity index (χ2v) is 8.25. The molecule has 0 amide bonds. The molecule has 0 aromatic heterocycles. The van der Waals surface area contributed by atoms with Crippen molar-refractivity contribution in [3.05, 3.63) is 0 Å². The predicted octanol–water partition coefficient (Wildman–Crippen LogP) is 0.0539. The number of hydrogen-bond donors (Lipinski definition) is 0. The summed E-state index contributed by atoms with van der Waals surface area (Å²) >= 11 is 0. The van der Waals surface area contributed by atoms with E-state index < -0.39 is 50.5 Å². The Kier molecular flexibility index (Phi) is 3.46. The Morgan fingerprint density at radius 2 is 1.28 bits per heavy atom. The number of hydrogen-bond acceptors (Lipinski definition) is 6. The van der Waals surface area contributed by atoms with Gasteiger partial charge in [0.25, 0.3) is 20.2 Å². The van der Waals surface area contributed by atoms with Crippen LogP contribution in [0.15, 0.2) is 0 Å². The van der Waals surface area contributed by atoms with E-state index in [2.05, 4.69) is 8.37 Å². The van der Waals surface area contributed by atoms with Crippen molar-refractivity contribution < 1.29 is 29.6 Å². The molecule has 106 valence electrons. The van der Waals surface area contributed by atoms with Crippen LogP contribution in [-0.4, -0.2) is 46.7 Å². The molecule has 2 fully saturated rings. The van der Waals surface area contributed by atoms with Crippen LogP contribution in [0.2, 0.25) is 0 Å². The first-order valence-electron chi connectivity index (χ1n) is 5.57. The van der Waals surface area contributed by atoms with Crippen molar-refractivity contribution in [2.45, 2.75) is 32.2 Å². The molecule has 0 aromatic rings. The Hall–Kier alpha value is -0.250. The normalized spacial score (nSPS) is 43.9. The predicted molar refractivity (Wildman–Crippen MR) is 60.5 cm³/mol. The zero-order valence-corrected chi connectivity index (χ0v) is 11.6. The van der Waals surface area contributed by atoms with Gasteiger partial charge in [-0.15, -0.1) is 0 Å². The van der Waals surface area contributed by atoms with Gasteiger partial charge in [0.15, 0.2) is 6.17 Å². The molecule has 9 heteroatoms. The second kappa shape index (κ2) is 4.39. The van der Waals surface area contributed by atoms with E-state index in [0.717, 1.165) is 0 Å². The standard InChI is InChI=1S/C9H15FO6S2/c1-5-3-17(11,12)15-8(5)7(10)9-6(2)4-18(13,14)16-9/h5-9H,3-4H2,1-2H3. The molecule has 4 atom stereocenters. The number of halogens is 1. The molecular formula is C9H15FO6S2.